The molecule has 2 heterocycles. The van der Waals surface area contributed by atoms with Crippen molar-refractivity contribution >= 4 is 28.5 Å². The van der Waals surface area contributed by atoms with Gasteiger partial charge in [-0.05, 0) is 42.5 Å². The molecule has 1 aliphatic rings. The summed E-state index contributed by atoms with van der Waals surface area (Å²) in [5.41, 5.74) is 2.65. The number of carbonyl (C=O) groups excluding carboxylic acids is 1. The Kier molecular flexibility index (Phi) is 5.43. The summed E-state index contributed by atoms with van der Waals surface area (Å²) in [4.78, 5) is 18.2. The van der Waals surface area contributed by atoms with Gasteiger partial charge in [0.05, 0.1) is 16.9 Å². The van der Waals surface area contributed by atoms with Gasteiger partial charge in [0, 0.05) is 49.4 Å². The van der Waals surface area contributed by atoms with Gasteiger partial charge in [0.2, 0.25) is 0 Å². The predicted molar refractivity (Wildman–Crippen MR) is 114 cm³/mol. The molecule has 2 aromatic carbocycles. The van der Waals surface area contributed by atoms with Gasteiger partial charge in [-0.15, -0.1) is 0 Å². The quantitative estimate of drug-likeness (QED) is 0.594. The molecule has 1 aromatic heterocycles. The van der Waals surface area contributed by atoms with Crippen molar-refractivity contribution in [1.29, 1.82) is 0 Å². The van der Waals surface area contributed by atoms with Gasteiger partial charge < -0.3 is 15.5 Å². The van der Waals surface area contributed by atoms with Gasteiger partial charge in [-0.2, -0.15) is 0 Å². The van der Waals surface area contributed by atoms with Crippen LogP contribution < -0.4 is 15.5 Å². The minimum absolute atomic E-state index is 0.167. The summed E-state index contributed by atoms with van der Waals surface area (Å²) in [5.74, 6) is -1.30. The number of halogens is 2. The minimum atomic E-state index is -0.491. The van der Waals surface area contributed by atoms with Crippen LogP contribution in [-0.4, -0.2) is 24.5 Å². The number of nitrogens with zero attached hydrogens (tertiary/aromatic N) is 2. The Hall–Kier alpha value is -3.74. The Morgan fingerprint density at radius 1 is 1.10 bits per heavy atom. The van der Waals surface area contributed by atoms with Crippen molar-refractivity contribution in [3.63, 3.8) is 0 Å². The fourth-order valence-corrected chi connectivity index (χ4v) is 3.35. The highest BCUT2D eigenvalue weighted by atomic mass is 19.1. The molecule has 5 nitrogen and oxygen atoms in total. The van der Waals surface area contributed by atoms with Crippen molar-refractivity contribution in [2.45, 2.75) is 6.42 Å². The number of hydrogen-bond acceptors (Lipinski definition) is 4. The van der Waals surface area contributed by atoms with Crippen molar-refractivity contribution < 1.29 is 13.6 Å². The van der Waals surface area contributed by atoms with Gasteiger partial charge >= 0.3 is 0 Å². The fraction of sp³-hybridized carbons (Fsp3) is 0.130. The largest absolute Gasteiger partial charge is 0.372 e. The number of pyridine rings is 1. The van der Waals surface area contributed by atoms with Crippen LogP contribution in [0.4, 0.5) is 25.8 Å². The first-order valence-corrected chi connectivity index (χ1v) is 9.50. The standard InChI is InChI=1S/C23H20F2N4O/c1-29(12-10-15-5-2-3-11-26-15)21-9-8-16(13-19(21)25)27-14-17-22-18(24)6-4-7-20(22)28-23(17)30/h2-9,11,13-14,27H,10,12H2,1H3,(H,28,30). The number of likely N-dealkylation sites (N-methyl/N-ethyl adjacent to an activating group) is 1. The SMILES string of the molecule is CN(CCc1ccccn1)c1ccc(NC=C2C(=O)Nc3cccc(F)c32)cc1F. The highest BCUT2D eigenvalue weighted by Gasteiger charge is 2.27. The van der Waals surface area contributed by atoms with Crippen LogP contribution in [0.3, 0.4) is 0 Å². The lowest BCUT2D eigenvalue weighted by Gasteiger charge is -2.20. The smallest absolute Gasteiger partial charge is 0.257 e. The monoisotopic (exact) mass is 406 g/mol. The Morgan fingerprint density at radius 2 is 1.97 bits per heavy atom. The zero-order chi connectivity index (χ0) is 21.1. The van der Waals surface area contributed by atoms with Crippen molar-refractivity contribution in [3.05, 3.63) is 89.9 Å². The zero-order valence-electron chi connectivity index (χ0n) is 16.3. The molecule has 0 bridgehead atoms. The lowest BCUT2D eigenvalue weighted by atomic mass is 10.1. The third-order valence-electron chi connectivity index (χ3n) is 4.95. The van der Waals surface area contributed by atoms with E-state index in [2.05, 4.69) is 15.6 Å². The number of fused-ring (bicyclic) bond motifs is 1. The summed E-state index contributed by atoms with van der Waals surface area (Å²) >= 11 is 0. The number of anilines is 3. The van der Waals surface area contributed by atoms with E-state index in [1.165, 1.54) is 24.4 Å². The van der Waals surface area contributed by atoms with Crippen molar-refractivity contribution in [1.82, 2.24) is 4.98 Å². The minimum Gasteiger partial charge on any atom is -0.372 e. The first kappa shape index (κ1) is 19.6. The Labute approximate surface area is 173 Å². The van der Waals surface area contributed by atoms with Crippen LogP contribution in [0.25, 0.3) is 5.57 Å². The second-order valence-electron chi connectivity index (χ2n) is 6.98. The highest BCUT2D eigenvalue weighted by Crippen LogP contribution is 2.33. The molecular weight excluding hydrogens is 386 g/mol. The van der Waals surface area contributed by atoms with Gasteiger partial charge in [0.15, 0.2) is 0 Å². The third kappa shape index (κ3) is 4.00. The van der Waals surface area contributed by atoms with Gasteiger partial charge in [-0.3, -0.25) is 9.78 Å². The van der Waals surface area contributed by atoms with Crippen LogP contribution in [0.5, 0.6) is 0 Å². The number of amides is 1. The summed E-state index contributed by atoms with van der Waals surface area (Å²) in [7, 11) is 1.82. The molecule has 3 aromatic rings. The van der Waals surface area contributed by atoms with Crippen LogP contribution in [-0.2, 0) is 11.2 Å². The van der Waals surface area contributed by atoms with Crippen LogP contribution in [0.1, 0.15) is 11.3 Å². The van der Waals surface area contributed by atoms with Crippen molar-refractivity contribution in [3.8, 4) is 0 Å². The van der Waals surface area contributed by atoms with Crippen LogP contribution in [0.2, 0.25) is 0 Å². The molecule has 0 saturated carbocycles. The normalized spacial score (nSPS) is 13.8. The zero-order valence-corrected chi connectivity index (χ0v) is 16.3. The Bertz CT molecular complexity index is 1120. The molecule has 0 unspecified atom stereocenters. The summed E-state index contributed by atoms with van der Waals surface area (Å²) in [6.45, 7) is 0.612. The van der Waals surface area contributed by atoms with Gasteiger partial charge in [-0.1, -0.05) is 12.1 Å². The lowest BCUT2D eigenvalue weighted by Crippen LogP contribution is -2.21. The maximum atomic E-state index is 14.6. The maximum absolute atomic E-state index is 14.6. The highest BCUT2D eigenvalue weighted by molar-refractivity contribution is 6.31. The first-order chi connectivity index (χ1) is 14.5. The molecule has 0 atom stereocenters. The summed E-state index contributed by atoms with van der Waals surface area (Å²) < 4.78 is 28.8. The number of carbonyl (C=O) groups is 1. The number of aromatic nitrogens is 1. The van der Waals surface area contributed by atoms with Gasteiger partial charge in [0.25, 0.3) is 5.91 Å². The lowest BCUT2D eigenvalue weighted by molar-refractivity contribution is -0.110. The first-order valence-electron chi connectivity index (χ1n) is 9.50. The van der Waals surface area contributed by atoms with E-state index >= 15 is 0 Å². The molecule has 7 heteroatoms. The molecule has 152 valence electrons. The average Bonchev–Trinajstić information content (AvgIpc) is 3.07. The summed E-state index contributed by atoms with van der Waals surface area (Å²) in [5, 5.41) is 5.51. The fourth-order valence-electron chi connectivity index (χ4n) is 3.35. The second-order valence-corrected chi connectivity index (χ2v) is 6.98. The van der Waals surface area contributed by atoms with Crippen LogP contribution in [0, 0.1) is 11.6 Å². The molecule has 1 amide bonds. The molecule has 0 spiro atoms. The molecule has 0 aliphatic carbocycles. The van der Waals surface area contributed by atoms with E-state index < -0.39 is 17.5 Å². The van der Waals surface area contributed by atoms with Crippen LogP contribution in [0.15, 0.2) is 67.0 Å². The number of benzene rings is 2. The van der Waals surface area contributed by atoms with Gasteiger partial charge in [-0.25, -0.2) is 8.78 Å². The van der Waals surface area contributed by atoms with E-state index in [0.717, 1.165) is 5.69 Å². The Balaban J connectivity index is 1.46. The van der Waals surface area contributed by atoms with E-state index in [4.69, 9.17) is 0 Å². The molecule has 1 aliphatic heterocycles. The number of rotatable bonds is 6. The second kappa shape index (κ2) is 8.32. The average molecular weight is 406 g/mol. The third-order valence-corrected chi connectivity index (χ3v) is 4.95. The summed E-state index contributed by atoms with van der Waals surface area (Å²) in [6.07, 6.45) is 3.83. The molecule has 0 fully saturated rings. The van der Waals surface area contributed by atoms with E-state index in [1.807, 2.05) is 30.1 Å². The van der Waals surface area contributed by atoms with E-state index in [1.54, 1.807) is 24.4 Å². The molecular formula is C23H20F2N4O. The molecule has 30 heavy (non-hydrogen) atoms. The molecule has 0 radical (unpaired) electrons. The van der Waals surface area contributed by atoms with Crippen molar-refractivity contribution in [2.75, 3.05) is 29.1 Å². The van der Waals surface area contributed by atoms with E-state index in [0.29, 0.717) is 30.0 Å². The molecule has 2 N–H and O–H groups in total. The predicted octanol–water partition coefficient (Wildman–Crippen LogP) is 4.44. The maximum Gasteiger partial charge on any atom is 0.257 e. The molecule has 4 rings (SSSR count). The van der Waals surface area contributed by atoms with Crippen molar-refractivity contribution in [2.24, 2.45) is 0 Å². The Morgan fingerprint density at radius 3 is 2.73 bits per heavy atom. The van der Waals surface area contributed by atoms with E-state index in [-0.39, 0.29) is 11.1 Å². The van der Waals surface area contributed by atoms with Crippen LogP contribution >= 0.6 is 0 Å². The number of hydrogen-bond donors (Lipinski definition) is 2. The summed E-state index contributed by atoms with van der Waals surface area (Å²) in [6, 6.07) is 14.9. The number of nitrogens with one attached hydrogen (secondary N) is 2. The topological polar surface area (TPSA) is 57.3 Å². The van der Waals surface area contributed by atoms with Gasteiger partial charge in [0.1, 0.15) is 11.6 Å². The van der Waals surface area contributed by atoms with E-state index in [9.17, 15) is 13.6 Å². The molecule has 0 saturated heterocycles.